The molecule has 23 heavy (non-hydrogen) atoms. The van der Waals surface area contributed by atoms with Crippen molar-refractivity contribution in [1.29, 1.82) is 5.26 Å². The molecule has 4 nitrogen and oxygen atoms in total. The fraction of sp³-hybridized carbons (Fsp3) is 0.0588. The fourth-order valence-electron chi connectivity index (χ4n) is 1.81. The van der Waals surface area contributed by atoms with E-state index in [1.54, 1.807) is 49.6 Å². The average molecular weight is 347 g/mol. The quantitative estimate of drug-likeness (QED) is 0.652. The molecule has 0 aliphatic rings. The maximum atomic E-state index is 12.2. The van der Waals surface area contributed by atoms with Crippen molar-refractivity contribution < 1.29 is 9.53 Å². The molecule has 0 aliphatic carbocycles. The van der Waals surface area contributed by atoms with Crippen molar-refractivity contribution in [3.63, 3.8) is 0 Å². The van der Waals surface area contributed by atoms with Gasteiger partial charge in [-0.05, 0) is 42.0 Å². The zero-order valence-corrected chi connectivity index (χ0v) is 13.7. The van der Waals surface area contributed by atoms with Crippen molar-refractivity contribution in [3.05, 3.63) is 63.6 Å². The molecule has 0 aliphatic heterocycles. The van der Waals surface area contributed by atoms with Crippen LogP contribution in [0.15, 0.2) is 48.0 Å². The highest BCUT2D eigenvalue weighted by Gasteiger charge is 2.11. The van der Waals surface area contributed by atoms with Crippen molar-refractivity contribution in [2.75, 3.05) is 12.4 Å². The number of nitrogens with one attached hydrogen (secondary N) is 1. The summed E-state index contributed by atoms with van der Waals surface area (Å²) in [6.07, 6.45) is 1.40. The van der Waals surface area contributed by atoms with Gasteiger partial charge >= 0.3 is 0 Å². The molecule has 2 rings (SSSR count). The summed E-state index contributed by atoms with van der Waals surface area (Å²) >= 11 is 12.0. The van der Waals surface area contributed by atoms with Gasteiger partial charge in [0.25, 0.3) is 5.91 Å². The number of nitriles is 1. The van der Waals surface area contributed by atoms with E-state index < -0.39 is 5.91 Å². The summed E-state index contributed by atoms with van der Waals surface area (Å²) < 4.78 is 5.04. The molecule has 0 atom stereocenters. The predicted octanol–water partition coefficient (Wildman–Crippen LogP) is 4.55. The van der Waals surface area contributed by atoms with Gasteiger partial charge in [0.05, 0.1) is 17.2 Å². The van der Waals surface area contributed by atoms with Crippen LogP contribution in [0.3, 0.4) is 0 Å². The highest BCUT2D eigenvalue weighted by atomic mass is 35.5. The number of anilines is 1. The molecular formula is C17H12Cl2N2O2. The topological polar surface area (TPSA) is 62.1 Å². The Morgan fingerprint density at radius 2 is 1.91 bits per heavy atom. The first kappa shape index (κ1) is 16.9. The van der Waals surface area contributed by atoms with Crippen LogP contribution in [0, 0.1) is 11.3 Å². The first-order valence-corrected chi connectivity index (χ1v) is 7.32. The highest BCUT2D eigenvalue weighted by molar-refractivity contribution is 6.43. The Bertz CT molecular complexity index is 793. The maximum Gasteiger partial charge on any atom is 0.266 e. The van der Waals surface area contributed by atoms with Gasteiger partial charge in [-0.2, -0.15) is 5.26 Å². The second-order valence-electron chi connectivity index (χ2n) is 4.50. The Balaban J connectivity index is 2.22. The molecular weight excluding hydrogens is 335 g/mol. The molecule has 0 radical (unpaired) electrons. The van der Waals surface area contributed by atoms with Crippen LogP contribution in [-0.2, 0) is 4.79 Å². The summed E-state index contributed by atoms with van der Waals surface area (Å²) in [4.78, 5) is 12.2. The van der Waals surface area contributed by atoms with E-state index in [1.165, 1.54) is 6.08 Å². The first-order valence-electron chi connectivity index (χ1n) is 6.56. The second kappa shape index (κ2) is 7.68. The van der Waals surface area contributed by atoms with Crippen molar-refractivity contribution in [3.8, 4) is 11.8 Å². The zero-order valence-electron chi connectivity index (χ0n) is 12.1. The summed E-state index contributed by atoms with van der Waals surface area (Å²) in [5.74, 6) is 0.137. The van der Waals surface area contributed by atoms with E-state index in [4.69, 9.17) is 27.9 Å². The monoisotopic (exact) mass is 346 g/mol. The number of benzene rings is 2. The number of carbonyl (C=O) groups excluding carboxylic acids is 1. The predicted molar refractivity (Wildman–Crippen MR) is 91.7 cm³/mol. The van der Waals surface area contributed by atoms with Gasteiger partial charge in [0.15, 0.2) is 0 Å². The van der Waals surface area contributed by atoms with Gasteiger partial charge in [-0.25, -0.2) is 0 Å². The van der Waals surface area contributed by atoms with Gasteiger partial charge in [0.2, 0.25) is 0 Å². The molecule has 0 bridgehead atoms. The Labute approximate surface area is 143 Å². The molecule has 6 heteroatoms. The van der Waals surface area contributed by atoms with Gasteiger partial charge in [0.1, 0.15) is 17.4 Å². The van der Waals surface area contributed by atoms with Crippen LogP contribution in [0.4, 0.5) is 5.69 Å². The Kier molecular flexibility index (Phi) is 5.64. The molecule has 0 aromatic heterocycles. The van der Waals surface area contributed by atoms with Crippen LogP contribution < -0.4 is 10.1 Å². The maximum absolute atomic E-state index is 12.2. The van der Waals surface area contributed by atoms with Gasteiger partial charge in [-0.1, -0.05) is 35.3 Å². The number of ether oxygens (including phenoxy) is 1. The largest absolute Gasteiger partial charge is 0.497 e. The summed E-state index contributed by atoms with van der Waals surface area (Å²) in [5, 5.41) is 12.5. The minimum atomic E-state index is -0.534. The fourth-order valence-corrected chi connectivity index (χ4v) is 2.17. The standard InChI is InChI=1S/C17H12Cl2N2O2/c1-23-14-7-5-13(6-8-14)21-17(22)12(10-20)9-11-3-2-4-15(18)16(11)19/h2-9H,1H3,(H,21,22)/b12-9-. The van der Waals surface area contributed by atoms with Gasteiger partial charge in [-0.15, -0.1) is 0 Å². The molecule has 0 saturated heterocycles. The SMILES string of the molecule is COc1ccc(NC(=O)/C(C#N)=C\c2cccc(Cl)c2Cl)cc1. The van der Waals surface area contributed by atoms with E-state index in [-0.39, 0.29) is 5.57 Å². The van der Waals surface area contributed by atoms with Crippen LogP contribution in [-0.4, -0.2) is 13.0 Å². The van der Waals surface area contributed by atoms with E-state index >= 15 is 0 Å². The lowest BCUT2D eigenvalue weighted by Crippen LogP contribution is -2.13. The Morgan fingerprint density at radius 1 is 1.22 bits per heavy atom. The molecule has 116 valence electrons. The molecule has 1 amide bonds. The number of carbonyl (C=O) groups is 1. The average Bonchev–Trinajstić information content (AvgIpc) is 2.56. The Morgan fingerprint density at radius 3 is 2.52 bits per heavy atom. The molecule has 0 heterocycles. The van der Waals surface area contributed by atoms with Crippen LogP contribution in [0.5, 0.6) is 5.75 Å². The first-order chi connectivity index (χ1) is 11.0. The van der Waals surface area contributed by atoms with E-state index in [9.17, 15) is 10.1 Å². The lowest BCUT2D eigenvalue weighted by atomic mass is 10.1. The number of rotatable bonds is 4. The van der Waals surface area contributed by atoms with E-state index in [0.717, 1.165) is 0 Å². The van der Waals surface area contributed by atoms with Crippen molar-refractivity contribution in [1.82, 2.24) is 0 Å². The third kappa shape index (κ3) is 4.26. The highest BCUT2D eigenvalue weighted by Crippen LogP contribution is 2.27. The minimum absolute atomic E-state index is 0.0787. The smallest absolute Gasteiger partial charge is 0.266 e. The normalized spacial score (nSPS) is 10.8. The molecule has 0 saturated carbocycles. The third-order valence-electron chi connectivity index (χ3n) is 2.99. The van der Waals surface area contributed by atoms with Gasteiger partial charge < -0.3 is 10.1 Å². The second-order valence-corrected chi connectivity index (χ2v) is 5.28. The molecule has 2 aromatic carbocycles. The molecule has 0 spiro atoms. The van der Waals surface area contributed by atoms with Crippen LogP contribution in [0.1, 0.15) is 5.56 Å². The van der Waals surface area contributed by atoms with Crippen molar-refractivity contribution in [2.24, 2.45) is 0 Å². The lowest BCUT2D eigenvalue weighted by Gasteiger charge is -2.06. The summed E-state index contributed by atoms with van der Waals surface area (Å²) in [7, 11) is 1.55. The number of hydrogen-bond acceptors (Lipinski definition) is 3. The van der Waals surface area contributed by atoms with E-state index in [0.29, 0.717) is 27.0 Å². The Hall–Kier alpha value is -2.48. The van der Waals surface area contributed by atoms with Crippen molar-refractivity contribution in [2.45, 2.75) is 0 Å². The van der Waals surface area contributed by atoms with Crippen LogP contribution in [0.2, 0.25) is 10.0 Å². The number of nitrogens with zero attached hydrogens (tertiary/aromatic N) is 1. The zero-order chi connectivity index (χ0) is 16.8. The van der Waals surface area contributed by atoms with Crippen LogP contribution >= 0.6 is 23.2 Å². The number of hydrogen-bond donors (Lipinski definition) is 1. The van der Waals surface area contributed by atoms with Gasteiger partial charge in [0, 0.05) is 5.69 Å². The summed E-state index contributed by atoms with van der Waals surface area (Å²) in [6.45, 7) is 0. The molecule has 0 fully saturated rings. The third-order valence-corrected chi connectivity index (χ3v) is 3.83. The molecule has 0 unspecified atom stereocenters. The molecule has 2 aromatic rings. The van der Waals surface area contributed by atoms with Crippen LogP contribution in [0.25, 0.3) is 6.08 Å². The van der Waals surface area contributed by atoms with Gasteiger partial charge in [-0.3, -0.25) is 4.79 Å². The lowest BCUT2D eigenvalue weighted by molar-refractivity contribution is -0.112. The number of methoxy groups -OCH3 is 1. The summed E-state index contributed by atoms with van der Waals surface area (Å²) in [5.41, 5.74) is 0.972. The van der Waals surface area contributed by atoms with Crippen molar-refractivity contribution >= 4 is 40.9 Å². The summed E-state index contributed by atoms with van der Waals surface area (Å²) in [6, 6.07) is 13.6. The number of amides is 1. The minimum Gasteiger partial charge on any atom is -0.497 e. The molecule has 1 N–H and O–H groups in total. The van der Waals surface area contributed by atoms with E-state index in [1.807, 2.05) is 6.07 Å². The van der Waals surface area contributed by atoms with E-state index in [2.05, 4.69) is 5.32 Å². The number of halogens is 2.